The number of benzene rings is 2. The van der Waals surface area contributed by atoms with Gasteiger partial charge in [-0.1, -0.05) is 52.8 Å². The van der Waals surface area contributed by atoms with Crippen LogP contribution in [0.15, 0.2) is 65.2 Å². The number of esters is 1. The maximum Gasteiger partial charge on any atom is 0.336 e. The fraction of sp³-hybridized carbons (Fsp3) is 0.158. The number of carbonyl (C=O) groups excluding carboxylic acids is 2. The Kier molecular flexibility index (Phi) is 4.49. The highest BCUT2D eigenvalue weighted by atomic mass is 79.9. The fourth-order valence-corrected chi connectivity index (χ4v) is 3.30. The SMILES string of the molecule is C=C(C(=O)OC)C1(O)C(=O)N(Cc2ccccc2)c2ccc(Br)cc21. The van der Waals surface area contributed by atoms with Crippen LogP contribution in [0.4, 0.5) is 5.69 Å². The van der Waals surface area contributed by atoms with Crippen molar-refractivity contribution in [2.75, 3.05) is 12.0 Å². The van der Waals surface area contributed by atoms with Crippen LogP contribution in [0.1, 0.15) is 11.1 Å². The summed E-state index contributed by atoms with van der Waals surface area (Å²) in [4.78, 5) is 26.4. The number of methoxy groups -OCH3 is 1. The summed E-state index contributed by atoms with van der Waals surface area (Å²) in [5.74, 6) is -1.46. The fourth-order valence-electron chi connectivity index (χ4n) is 2.94. The van der Waals surface area contributed by atoms with E-state index in [1.54, 1.807) is 18.2 Å². The first kappa shape index (κ1) is 17.4. The molecule has 128 valence electrons. The Morgan fingerprint density at radius 3 is 2.60 bits per heavy atom. The van der Waals surface area contributed by atoms with Gasteiger partial charge in [-0.15, -0.1) is 0 Å². The molecule has 0 bridgehead atoms. The summed E-state index contributed by atoms with van der Waals surface area (Å²) in [5.41, 5.74) is -0.726. The summed E-state index contributed by atoms with van der Waals surface area (Å²) in [5, 5.41) is 11.1. The van der Waals surface area contributed by atoms with E-state index in [1.165, 1.54) is 12.0 Å². The van der Waals surface area contributed by atoms with Crippen molar-refractivity contribution in [2.24, 2.45) is 0 Å². The smallest absolute Gasteiger partial charge is 0.336 e. The number of carbonyl (C=O) groups is 2. The molecule has 0 saturated carbocycles. The third kappa shape index (κ3) is 2.77. The lowest BCUT2D eigenvalue weighted by Gasteiger charge is -2.24. The van der Waals surface area contributed by atoms with Crippen LogP contribution in [-0.4, -0.2) is 24.1 Å². The van der Waals surface area contributed by atoms with Crippen molar-refractivity contribution in [2.45, 2.75) is 12.1 Å². The molecule has 0 spiro atoms. The van der Waals surface area contributed by atoms with Gasteiger partial charge in [0, 0.05) is 10.0 Å². The van der Waals surface area contributed by atoms with Crippen molar-refractivity contribution >= 4 is 33.5 Å². The normalized spacial score (nSPS) is 18.8. The van der Waals surface area contributed by atoms with E-state index in [9.17, 15) is 14.7 Å². The predicted molar refractivity (Wildman–Crippen MR) is 96.8 cm³/mol. The molecule has 0 aromatic heterocycles. The van der Waals surface area contributed by atoms with Gasteiger partial charge in [-0.3, -0.25) is 4.79 Å². The van der Waals surface area contributed by atoms with Crippen LogP contribution >= 0.6 is 15.9 Å². The second-order valence-corrected chi connectivity index (χ2v) is 6.63. The van der Waals surface area contributed by atoms with Crippen LogP contribution in [0.2, 0.25) is 0 Å². The molecule has 25 heavy (non-hydrogen) atoms. The van der Waals surface area contributed by atoms with Gasteiger partial charge in [0.05, 0.1) is 24.9 Å². The number of aliphatic hydroxyl groups is 1. The van der Waals surface area contributed by atoms with Gasteiger partial charge in [0.15, 0.2) is 0 Å². The summed E-state index contributed by atoms with van der Waals surface area (Å²) in [7, 11) is 1.18. The minimum absolute atomic E-state index is 0.269. The Morgan fingerprint density at radius 2 is 1.96 bits per heavy atom. The number of ether oxygens (including phenoxy) is 1. The summed E-state index contributed by atoms with van der Waals surface area (Å²) in [6, 6.07) is 14.5. The molecular formula is C19H16BrNO4. The summed E-state index contributed by atoms with van der Waals surface area (Å²) < 4.78 is 5.33. The van der Waals surface area contributed by atoms with E-state index in [2.05, 4.69) is 27.2 Å². The molecule has 1 N–H and O–H groups in total. The van der Waals surface area contributed by atoms with Crippen LogP contribution in [0.5, 0.6) is 0 Å². The number of hydrogen-bond acceptors (Lipinski definition) is 4. The Hall–Kier alpha value is -2.44. The second kappa shape index (κ2) is 6.46. The summed E-state index contributed by atoms with van der Waals surface area (Å²) in [6.45, 7) is 3.88. The molecule has 2 aromatic rings. The van der Waals surface area contributed by atoms with Crippen LogP contribution in [0, 0.1) is 0 Å². The zero-order valence-corrected chi connectivity index (χ0v) is 15.1. The monoisotopic (exact) mass is 401 g/mol. The lowest BCUT2D eigenvalue weighted by atomic mass is 9.88. The quantitative estimate of drug-likeness (QED) is 0.631. The average Bonchev–Trinajstić information content (AvgIpc) is 2.83. The van der Waals surface area contributed by atoms with Gasteiger partial charge >= 0.3 is 5.97 Å². The van der Waals surface area contributed by atoms with Gasteiger partial charge in [0.25, 0.3) is 5.91 Å². The highest BCUT2D eigenvalue weighted by Crippen LogP contribution is 2.46. The highest BCUT2D eigenvalue weighted by molar-refractivity contribution is 9.10. The number of nitrogens with zero attached hydrogens (tertiary/aromatic N) is 1. The maximum absolute atomic E-state index is 13.1. The molecule has 0 aliphatic carbocycles. The maximum atomic E-state index is 13.1. The molecule has 2 aromatic carbocycles. The third-order valence-electron chi connectivity index (χ3n) is 4.25. The van der Waals surface area contributed by atoms with Gasteiger partial charge in [-0.25, -0.2) is 4.79 Å². The van der Waals surface area contributed by atoms with Gasteiger partial charge < -0.3 is 14.7 Å². The molecule has 1 amide bonds. The molecule has 1 heterocycles. The van der Waals surface area contributed by atoms with Crippen molar-refractivity contribution < 1.29 is 19.4 Å². The first-order valence-corrected chi connectivity index (χ1v) is 8.35. The number of rotatable bonds is 4. The van der Waals surface area contributed by atoms with Gasteiger partial charge in [-0.05, 0) is 23.8 Å². The largest absolute Gasteiger partial charge is 0.466 e. The van der Waals surface area contributed by atoms with Crippen molar-refractivity contribution in [1.82, 2.24) is 0 Å². The minimum atomic E-state index is -2.15. The van der Waals surface area contributed by atoms with E-state index in [1.807, 2.05) is 30.3 Å². The van der Waals surface area contributed by atoms with E-state index in [0.29, 0.717) is 15.7 Å². The average molecular weight is 402 g/mol. The molecule has 5 nitrogen and oxygen atoms in total. The van der Waals surface area contributed by atoms with Gasteiger partial charge in [0.1, 0.15) is 0 Å². The number of amides is 1. The molecule has 3 rings (SSSR count). The van der Waals surface area contributed by atoms with Crippen molar-refractivity contribution in [3.05, 3.63) is 76.3 Å². The van der Waals surface area contributed by atoms with E-state index in [-0.39, 0.29) is 12.1 Å². The van der Waals surface area contributed by atoms with Crippen molar-refractivity contribution in [3.63, 3.8) is 0 Å². The standard InChI is InChI=1S/C19H16BrNO4/c1-12(17(22)25-2)19(24)15-10-14(20)8-9-16(15)21(18(19)23)11-13-6-4-3-5-7-13/h3-10,24H,1,11H2,2H3. The highest BCUT2D eigenvalue weighted by Gasteiger charge is 2.54. The Balaban J connectivity index is 2.11. The first-order valence-electron chi connectivity index (χ1n) is 7.55. The molecule has 1 aliphatic heterocycles. The van der Waals surface area contributed by atoms with Crippen LogP contribution in [-0.2, 0) is 26.5 Å². The topological polar surface area (TPSA) is 66.8 Å². The van der Waals surface area contributed by atoms with Crippen LogP contribution < -0.4 is 4.90 Å². The predicted octanol–water partition coefficient (Wildman–Crippen LogP) is 2.91. The van der Waals surface area contributed by atoms with E-state index >= 15 is 0 Å². The Bertz CT molecular complexity index is 865. The van der Waals surface area contributed by atoms with E-state index in [4.69, 9.17) is 0 Å². The Labute approximate surface area is 153 Å². The molecule has 0 saturated heterocycles. The molecule has 6 heteroatoms. The van der Waals surface area contributed by atoms with Crippen molar-refractivity contribution in [1.29, 1.82) is 0 Å². The first-order chi connectivity index (χ1) is 11.9. The third-order valence-corrected chi connectivity index (χ3v) is 4.74. The zero-order valence-electron chi connectivity index (χ0n) is 13.5. The van der Waals surface area contributed by atoms with Crippen molar-refractivity contribution in [3.8, 4) is 0 Å². The Morgan fingerprint density at radius 1 is 1.28 bits per heavy atom. The van der Waals surface area contributed by atoms with Crippen LogP contribution in [0.3, 0.4) is 0 Å². The van der Waals surface area contributed by atoms with Crippen LogP contribution in [0.25, 0.3) is 0 Å². The molecule has 1 unspecified atom stereocenters. The summed E-state index contributed by atoms with van der Waals surface area (Å²) >= 11 is 3.34. The van der Waals surface area contributed by atoms with Gasteiger partial charge in [-0.2, -0.15) is 0 Å². The molecular weight excluding hydrogens is 386 g/mol. The number of halogens is 1. The van der Waals surface area contributed by atoms with E-state index < -0.39 is 17.5 Å². The molecule has 0 radical (unpaired) electrons. The van der Waals surface area contributed by atoms with Gasteiger partial charge in [0.2, 0.25) is 5.60 Å². The molecule has 1 aliphatic rings. The lowest BCUT2D eigenvalue weighted by Crippen LogP contribution is -2.43. The second-order valence-electron chi connectivity index (χ2n) is 5.72. The molecule has 0 fully saturated rings. The molecule has 1 atom stereocenters. The number of hydrogen-bond donors (Lipinski definition) is 1. The van der Waals surface area contributed by atoms with E-state index in [0.717, 1.165) is 5.56 Å². The number of fused-ring (bicyclic) bond motifs is 1. The zero-order chi connectivity index (χ0) is 18.2. The summed E-state index contributed by atoms with van der Waals surface area (Å²) in [6.07, 6.45) is 0. The number of anilines is 1. The minimum Gasteiger partial charge on any atom is -0.466 e. The lowest BCUT2D eigenvalue weighted by molar-refractivity contribution is -0.144.